The SMILES string of the molecule is COCc1nc(-c2ccc(Br)cc2C)oc1C(=O)OC. The fourth-order valence-electron chi connectivity index (χ4n) is 1.82. The highest BCUT2D eigenvalue weighted by atomic mass is 79.9. The molecule has 0 bridgehead atoms. The lowest BCUT2D eigenvalue weighted by Crippen LogP contribution is -2.04. The first kappa shape index (κ1) is 14.7. The molecule has 2 aromatic rings. The van der Waals surface area contributed by atoms with Gasteiger partial charge >= 0.3 is 5.97 Å². The number of methoxy groups -OCH3 is 2. The van der Waals surface area contributed by atoms with Crippen molar-refractivity contribution in [2.24, 2.45) is 0 Å². The number of halogens is 1. The van der Waals surface area contributed by atoms with Crippen LogP contribution < -0.4 is 0 Å². The minimum Gasteiger partial charge on any atom is -0.463 e. The molecule has 0 saturated heterocycles. The highest BCUT2D eigenvalue weighted by molar-refractivity contribution is 9.10. The van der Waals surface area contributed by atoms with Crippen LogP contribution in [0.4, 0.5) is 0 Å². The van der Waals surface area contributed by atoms with Crippen LogP contribution in [0.3, 0.4) is 0 Å². The molecule has 6 heteroatoms. The number of aryl methyl sites for hydroxylation is 1. The molecule has 0 aliphatic rings. The smallest absolute Gasteiger partial charge is 0.376 e. The molecule has 0 amide bonds. The molecule has 0 radical (unpaired) electrons. The number of hydrogen-bond donors (Lipinski definition) is 0. The Morgan fingerprint density at radius 2 is 2.15 bits per heavy atom. The van der Waals surface area contributed by atoms with Crippen LogP contribution in [0.1, 0.15) is 21.8 Å². The second-order valence-electron chi connectivity index (χ2n) is 4.18. The standard InChI is InChI=1S/C14H14BrNO4/c1-8-6-9(15)4-5-10(8)13-16-11(7-18-2)12(20-13)14(17)19-3/h4-6H,7H2,1-3H3. The summed E-state index contributed by atoms with van der Waals surface area (Å²) >= 11 is 3.40. The van der Waals surface area contributed by atoms with Crippen LogP contribution in [0.25, 0.3) is 11.5 Å². The summed E-state index contributed by atoms with van der Waals surface area (Å²) in [4.78, 5) is 16.0. The second kappa shape index (κ2) is 6.19. The Hall–Kier alpha value is -1.66. The van der Waals surface area contributed by atoms with E-state index in [1.165, 1.54) is 14.2 Å². The molecule has 5 nitrogen and oxygen atoms in total. The average molecular weight is 340 g/mol. The molecule has 0 aliphatic carbocycles. The molecule has 0 spiro atoms. The molecule has 0 N–H and O–H groups in total. The molecule has 0 aliphatic heterocycles. The number of benzene rings is 1. The lowest BCUT2D eigenvalue weighted by Gasteiger charge is -2.01. The van der Waals surface area contributed by atoms with E-state index in [0.717, 1.165) is 15.6 Å². The summed E-state index contributed by atoms with van der Waals surface area (Å²) in [6, 6.07) is 5.72. The highest BCUT2D eigenvalue weighted by Gasteiger charge is 2.22. The van der Waals surface area contributed by atoms with E-state index >= 15 is 0 Å². The maximum Gasteiger partial charge on any atom is 0.376 e. The Labute approximate surface area is 125 Å². The van der Waals surface area contributed by atoms with Gasteiger partial charge in [-0.1, -0.05) is 15.9 Å². The number of ether oxygens (including phenoxy) is 2. The third-order valence-electron chi connectivity index (χ3n) is 2.77. The molecule has 1 heterocycles. The van der Waals surface area contributed by atoms with E-state index in [1.54, 1.807) is 0 Å². The molecule has 0 fully saturated rings. The van der Waals surface area contributed by atoms with Crippen LogP contribution in [-0.4, -0.2) is 25.2 Å². The van der Waals surface area contributed by atoms with Crippen molar-refractivity contribution in [3.05, 3.63) is 39.7 Å². The first-order valence-electron chi connectivity index (χ1n) is 5.90. The molecule has 0 unspecified atom stereocenters. The van der Waals surface area contributed by atoms with Gasteiger partial charge in [-0.15, -0.1) is 0 Å². The van der Waals surface area contributed by atoms with Gasteiger partial charge in [0.1, 0.15) is 5.69 Å². The summed E-state index contributed by atoms with van der Waals surface area (Å²) in [5.41, 5.74) is 2.23. The van der Waals surface area contributed by atoms with Gasteiger partial charge < -0.3 is 13.9 Å². The lowest BCUT2D eigenvalue weighted by molar-refractivity contribution is 0.0559. The Kier molecular flexibility index (Phi) is 4.57. The van der Waals surface area contributed by atoms with Gasteiger partial charge in [0.25, 0.3) is 0 Å². The zero-order valence-corrected chi connectivity index (χ0v) is 13.0. The molecule has 1 aromatic carbocycles. The third-order valence-corrected chi connectivity index (χ3v) is 3.26. The zero-order chi connectivity index (χ0) is 14.7. The van der Waals surface area contributed by atoms with E-state index in [1.807, 2.05) is 25.1 Å². The molecule has 0 atom stereocenters. The fourth-order valence-corrected chi connectivity index (χ4v) is 2.30. The average Bonchev–Trinajstić information content (AvgIpc) is 2.82. The van der Waals surface area contributed by atoms with Crippen molar-refractivity contribution < 1.29 is 18.7 Å². The number of esters is 1. The van der Waals surface area contributed by atoms with Crippen LogP contribution in [0.5, 0.6) is 0 Å². The van der Waals surface area contributed by atoms with Gasteiger partial charge in [0, 0.05) is 17.1 Å². The van der Waals surface area contributed by atoms with E-state index in [9.17, 15) is 4.79 Å². The Bertz CT molecular complexity index is 636. The van der Waals surface area contributed by atoms with Gasteiger partial charge in [0.2, 0.25) is 11.7 Å². The van der Waals surface area contributed by atoms with Crippen LogP contribution in [0.15, 0.2) is 27.1 Å². The van der Waals surface area contributed by atoms with Crippen LogP contribution in [-0.2, 0) is 16.1 Å². The Morgan fingerprint density at radius 1 is 1.40 bits per heavy atom. The molecule has 106 valence electrons. The van der Waals surface area contributed by atoms with Gasteiger partial charge in [0.05, 0.1) is 13.7 Å². The minimum atomic E-state index is -0.564. The molecule has 1 aromatic heterocycles. The van der Waals surface area contributed by atoms with E-state index < -0.39 is 5.97 Å². The van der Waals surface area contributed by atoms with Crippen molar-refractivity contribution in [2.75, 3.05) is 14.2 Å². The van der Waals surface area contributed by atoms with Gasteiger partial charge in [-0.25, -0.2) is 9.78 Å². The molecule has 0 saturated carbocycles. The number of nitrogens with zero attached hydrogens (tertiary/aromatic N) is 1. The topological polar surface area (TPSA) is 61.6 Å². The van der Waals surface area contributed by atoms with Crippen molar-refractivity contribution >= 4 is 21.9 Å². The van der Waals surface area contributed by atoms with Gasteiger partial charge in [0.15, 0.2) is 0 Å². The molecular weight excluding hydrogens is 326 g/mol. The third kappa shape index (κ3) is 2.91. The summed E-state index contributed by atoms with van der Waals surface area (Å²) in [6.07, 6.45) is 0. The molecule has 2 rings (SSSR count). The second-order valence-corrected chi connectivity index (χ2v) is 5.09. The first-order valence-corrected chi connectivity index (χ1v) is 6.69. The van der Waals surface area contributed by atoms with Crippen molar-refractivity contribution in [3.63, 3.8) is 0 Å². The number of carbonyl (C=O) groups excluding carboxylic acids is 1. The lowest BCUT2D eigenvalue weighted by atomic mass is 10.1. The summed E-state index contributed by atoms with van der Waals surface area (Å²) in [5.74, 6) is -0.111. The summed E-state index contributed by atoms with van der Waals surface area (Å²) in [6.45, 7) is 2.13. The summed E-state index contributed by atoms with van der Waals surface area (Å²) in [7, 11) is 2.83. The quantitative estimate of drug-likeness (QED) is 0.799. The van der Waals surface area contributed by atoms with Crippen molar-refractivity contribution in [3.8, 4) is 11.5 Å². The van der Waals surface area contributed by atoms with Gasteiger partial charge in [-0.05, 0) is 30.7 Å². The van der Waals surface area contributed by atoms with Gasteiger partial charge in [-0.3, -0.25) is 0 Å². The number of aromatic nitrogens is 1. The maximum atomic E-state index is 11.7. The molecular formula is C14H14BrNO4. The number of rotatable bonds is 4. The maximum absolute atomic E-state index is 11.7. The van der Waals surface area contributed by atoms with E-state index in [4.69, 9.17) is 9.15 Å². The van der Waals surface area contributed by atoms with Gasteiger partial charge in [-0.2, -0.15) is 0 Å². The Morgan fingerprint density at radius 3 is 2.75 bits per heavy atom. The number of carbonyl (C=O) groups is 1. The summed E-state index contributed by atoms with van der Waals surface area (Å²) in [5, 5.41) is 0. The number of oxazole rings is 1. The largest absolute Gasteiger partial charge is 0.463 e. The predicted octanol–water partition coefficient (Wildman–Crippen LogP) is 3.35. The predicted molar refractivity (Wildman–Crippen MR) is 76.4 cm³/mol. The van der Waals surface area contributed by atoms with Crippen LogP contribution in [0, 0.1) is 6.92 Å². The highest BCUT2D eigenvalue weighted by Crippen LogP contribution is 2.28. The summed E-state index contributed by atoms with van der Waals surface area (Å²) < 4.78 is 16.2. The van der Waals surface area contributed by atoms with E-state index in [-0.39, 0.29) is 12.4 Å². The molecule has 20 heavy (non-hydrogen) atoms. The first-order chi connectivity index (χ1) is 9.56. The van der Waals surface area contributed by atoms with Crippen LogP contribution in [0.2, 0.25) is 0 Å². The Balaban J connectivity index is 2.49. The van der Waals surface area contributed by atoms with Crippen molar-refractivity contribution in [1.29, 1.82) is 0 Å². The van der Waals surface area contributed by atoms with Crippen molar-refractivity contribution in [2.45, 2.75) is 13.5 Å². The van der Waals surface area contributed by atoms with E-state index in [0.29, 0.717) is 11.6 Å². The normalized spacial score (nSPS) is 10.6. The fraction of sp³-hybridized carbons (Fsp3) is 0.286. The zero-order valence-electron chi connectivity index (χ0n) is 11.4. The van der Waals surface area contributed by atoms with E-state index in [2.05, 4.69) is 25.7 Å². The monoisotopic (exact) mass is 339 g/mol. The minimum absolute atomic E-state index is 0.0756. The van der Waals surface area contributed by atoms with Crippen LogP contribution >= 0.6 is 15.9 Å². The van der Waals surface area contributed by atoms with Crippen molar-refractivity contribution in [1.82, 2.24) is 4.98 Å². The number of hydrogen-bond acceptors (Lipinski definition) is 5.